The first-order valence-corrected chi connectivity index (χ1v) is 12.1. The molecule has 0 spiro atoms. The highest BCUT2D eigenvalue weighted by Crippen LogP contribution is 2.79. The fourth-order valence-electron chi connectivity index (χ4n) is 8.32. The van der Waals surface area contributed by atoms with Gasteiger partial charge in [0, 0.05) is 17.4 Å². The maximum atomic E-state index is 15.0. The smallest absolute Gasteiger partial charge is 0.307 e. The monoisotopic (exact) mass is 446 g/mol. The Kier molecular flexibility index (Phi) is 4.48. The Labute approximate surface area is 186 Å². The molecule has 166 valence electrons. The van der Waals surface area contributed by atoms with Crippen LogP contribution in [0.4, 0.5) is 4.39 Å². The van der Waals surface area contributed by atoms with Crippen molar-refractivity contribution in [3.8, 4) is 5.75 Å². The summed E-state index contributed by atoms with van der Waals surface area (Å²) >= 11 is 6.42. The number of hydrogen-bond donors (Lipinski definition) is 1. The number of carboxylic acids is 1. The van der Waals surface area contributed by atoms with Gasteiger partial charge in [-0.15, -0.1) is 0 Å². The normalized spacial score (nSPS) is 41.8. The molecule has 6 saturated carbocycles. The molecule has 0 aliphatic heterocycles. The second-order valence-electron chi connectivity index (χ2n) is 10.9. The molecule has 1 aromatic carbocycles. The fourth-order valence-corrected chi connectivity index (χ4v) is 8.54. The van der Waals surface area contributed by atoms with Gasteiger partial charge in [0.2, 0.25) is 0 Å². The van der Waals surface area contributed by atoms with Crippen molar-refractivity contribution in [2.75, 3.05) is 6.61 Å². The quantitative estimate of drug-likeness (QED) is 0.576. The maximum absolute atomic E-state index is 15.0. The third-order valence-corrected chi connectivity index (χ3v) is 9.60. The van der Waals surface area contributed by atoms with E-state index in [0.29, 0.717) is 25.2 Å². The van der Waals surface area contributed by atoms with E-state index >= 15 is 0 Å². The minimum absolute atomic E-state index is 0.115. The number of rotatable bonds is 6. The van der Waals surface area contributed by atoms with Crippen LogP contribution in [0, 0.1) is 52.7 Å². The minimum Gasteiger partial charge on any atom is -0.491 e. The number of Topliss-reactive ketones (excluding diaryl/α,β-unsaturated/α-hetero) is 1. The molecule has 6 aliphatic carbocycles. The molecular formula is C25H28ClFO4. The molecule has 6 heteroatoms. The Hall–Kier alpha value is -1.62. The van der Waals surface area contributed by atoms with Gasteiger partial charge in [0.25, 0.3) is 0 Å². The van der Waals surface area contributed by atoms with Crippen LogP contribution in [0.15, 0.2) is 12.1 Å². The molecule has 7 rings (SSSR count). The van der Waals surface area contributed by atoms with E-state index in [2.05, 4.69) is 0 Å². The van der Waals surface area contributed by atoms with Crippen LogP contribution in [0.5, 0.6) is 5.75 Å². The largest absolute Gasteiger partial charge is 0.491 e. The number of ether oxygens (including phenoxy) is 1. The van der Waals surface area contributed by atoms with Crippen LogP contribution in [-0.2, 0) is 4.79 Å². The highest BCUT2D eigenvalue weighted by molar-refractivity contribution is 6.32. The Morgan fingerprint density at radius 3 is 2.68 bits per heavy atom. The lowest BCUT2D eigenvalue weighted by molar-refractivity contribution is -0.144. The number of hydrogen-bond acceptors (Lipinski definition) is 3. The van der Waals surface area contributed by atoms with Crippen molar-refractivity contribution in [2.45, 2.75) is 51.4 Å². The number of carboxylic acid groups (broad SMARTS) is 1. The summed E-state index contributed by atoms with van der Waals surface area (Å²) < 4.78 is 21.1. The Balaban J connectivity index is 1.20. The summed E-state index contributed by atoms with van der Waals surface area (Å²) in [4.78, 5) is 24.6. The van der Waals surface area contributed by atoms with Crippen molar-refractivity contribution in [3.63, 3.8) is 0 Å². The summed E-state index contributed by atoms with van der Waals surface area (Å²) in [7, 11) is 0. The van der Waals surface area contributed by atoms with Crippen LogP contribution in [0.3, 0.4) is 0 Å². The number of benzene rings is 1. The van der Waals surface area contributed by atoms with E-state index in [1.54, 1.807) is 0 Å². The SMILES string of the molecule is O=C(O)C1CCCCC1C(=O)c1cc(Cl)c(OCC23CC4CC(C2)C2C(C4)C23)cc1F. The van der Waals surface area contributed by atoms with Gasteiger partial charge in [-0.3, -0.25) is 9.59 Å². The predicted octanol–water partition coefficient (Wildman–Crippen LogP) is 5.61. The van der Waals surface area contributed by atoms with Gasteiger partial charge in [-0.1, -0.05) is 24.4 Å². The molecule has 0 saturated heterocycles. The zero-order valence-corrected chi connectivity index (χ0v) is 18.2. The van der Waals surface area contributed by atoms with E-state index in [0.717, 1.165) is 42.4 Å². The molecular weight excluding hydrogens is 419 g/mol. The third kappa shape index (κ3) is 2.98. The molecule has 0 radical (unpaired) electrons. The number of aliphatic carboxylic acids is 1. The molecule has 8 unspecified atom stereocenters. The Morgan fingerprint density at radius 1 is 1.16 bits per heavy atom. The van der Waals surface area contributed by atoms with E-state index < -0.39 is 29.4 Å². The molecule has 0 aromatic heterocycles. The van der Waals surface area contributed by atoms with Crippen molar-refractivity contribution in [1.82, 2.24) is 0 Å². The summed E-state index contributed by atoms with van der Waals surface area (Å²) in [6, 6.07) is 2.57. The van der Waals surface area contributed by atoms with Gasteiger partial charge in [0.15, 0.2) is 5.78 Å². The topological polar surface area (TPSA) is 63.6 Å². The van der Waals surface area contributed by atoms with E-state index in [4.69, 9.17) is 16.3 Å². The molecule has 4 bridgehead atoms. The molecule has 31 heavy (non-hydrogen) atoms. The van der Waals surface area contributed by atoms with Gasteiger partial charge in [0.05, 0.1) is 23.1 Å². The van der Waals surface area contributed by atoms with E-state index in [9.17, 15) is 19.1 Å². The van der Waals surface area contributed by atoms with Crippen molar-refractivity contribution < 1.29 is 23.8 Å². The number of carbonyl (C=O) groups is 2. The molecule has 8 atom stereocenters. The van der Waals surface area contributed by atoms with Crippen LogP contribution in [0.25, 0.3) is 0 Å². The van der Waals surface area contributed by atoms with Gasteiger partial charge in [-0.25, -0.2) is 4.39 Å². The Morgan fingerprint density at radius 2 is 1.94 bits per heavy atom. The second kappa shape index (κ2) is 6.94. The molecule has 0 heterocycles. The van der Waals surface area contributed by atoms with Gasteiger partial charge in [-0.05, 0) is 74.2 Å². The minimum atomic E-state index is -0.984. The van der Waals surface area contributed by atoms with Gasteiger partial charge in [-0.2, -0.15) is 0 Å². The van der Waals surface area contributed by atoms with Crippen molar-refractivity contribution >= 4 is 23.4 Å². The summed E-state index contributed by atoms with van der Waals surface area (Å²) in [5.74, 6) is 0.980. The zero-order valence-electron chi connectivity index (χ0n) is 17.5. The van der Waals surface area contributed by atoms with Gasteiger partial charge in [0.1, 0.15) is 11.6 Å². The highest BCUT2D eigenvalue weighted by Gasteiger charge is 2.74. The average Bonchev–Trinajstić information content (AvgIpc) is 3.44. The van der Waals surface area contributed by atoms with Crippen molar-refractivity contribution in [1.29, 1.82) is 0 Å². The molecule has 4 nitrogen and oxygen atoms in total. The molecule has 6 fully saturated rings. The second-order valence-corrected chi connectivity index (χ2v) is 11.3. The number of ketones is 1. The summed E-state index contributed by atoms with van der Waals surface area (Å²) in [6.45, 7) is 0.577. The molecule has 1 aromatic rings. The summed E-state index contributed by atoms with van der Waals surface area (Å²) in [5.41, 5.74) is 0.113. The summed E-state index contributed by atoms with van der Waals surface area (Å²) in [6.07, 6.45) is 7.70. The van der Waals surface area contributed by atoms with Crippen LogP contribution < -0.4 is 4.74 Å². The standard InChI is InChI=1S/C25H28ClFO4/c26-18-7-16(23(28)14-3-1-2-4-15(14)24(29)30)19(27)8-20(18)31-11-25-9-12-5-13(10-25)21-17(6-12)22(21)25/h7-8,12-15,17,21-22H,1-6,9-11H2,(H,29,30). The third-order valence-electron chi connectivity index (χ3n) is 9.31. The van der Waals surface area contributed by atoms with Crippen LogP contribution in [0.2, 0.25) is 5.02 Å². The average molecular weight is 447 g/mol. The van der Waals surface area contributed by atoms with E-state index in [-0.39, 0.29) is 16.0 Å². The highest BCUT2D eigenvalue weighted by atomic mass is 35.5. The van der Waals surface area contributed by atoms with E-state index in [1.807, 2.05) is 0 Å². The Bertz CT molecular complexity index is 963. The van der Waals surface area contributed by atoms with Crippen molar-refractivity contribution in [3.05, 3.63) is 28.5 Å². The number of halogens is 2. The summed E-state index contributed by atoms with van der Waals surface area (Å²) in [5, 5.41) is 9.70. The lowest BCUT2D eigenvalue weighted by atomic mass is 9.60. The predicted molar refractivity (Wildman–Crippen MR) is 113 cm³/mol. The molecule has 1 N–H and O–H groups in total. The van der Waals surface area contributed by atoms with E-state index in [1.165, 1.54) is 37.8 Å². The lowest BCUT2D eigenvalue weighted by Crippen LogP contribution is -2.41. The maximum Gasteiger partial charge on any atom is 0.307 e. The van der Waals surface area contributed by atoms with Crippen LogP contribution in [-0.4, -0.2) is 23.5 Å². The van der Waals surface area contributed by atoms with Gasteiger partial charge < -0.3 is 9.84 Å². The number of carbonyl (C=O) groups excluding carboxylic acids is 1. The van der Waals surface area contributed by atoms with Crippen molar-refractivity contribution in [2.24, 2.45) is 46.8 Å². The first-order chi connectivity index (χ1) is 14.9. The molecule has 6 aliphatic rings. The van der Waals surface area contributed by atoms with Crippen LogP contribution in [0.1, 0.15) is 61.7 Å². The zero-order chi connectivity index (χ0) is 21.5. The van der Waals surface area contributed by atoms with Gasteiger partial charge >= 0.3 is 5.97 Å². The first-order valence-electron chi connectivity index (χ1n) is 11.8. The fraction of sp³-hybridized carbons (Fsp3) is 0.680. The lowest BCUT2D eigenvalue weighted by Gasteiger charge is -2.46. The first kappa shape index (κ1) is 20.0. The molecule has 0 amide bonds. The van der Waals surface area contributed by atoms with Crippen LogP contribution >= 0.6 is 11.6 Å².